The molecule has 0 bridgehead atoms. The molecule has 1 fully saturated rings. The van der Waals surface area contributed by atoms with Crippen LogP contribution in [0.15, 0.2) is 24.3 Å². The van der Waals surface area contributed by atoms with E-state index in [4.69, 9.17) is 0 Å². The third kappa shape index (κ3) is 4.66. The molecule has 1 aromatic heterocycles. The zero-order valence-electron chi connectivity index (χ0n) is 15.1. The lowest BCUT2D eigenvalue weighted by atomic mass is 9.77. The number of anilines is 1. The van der Waals surface area contributed by atoms with Crippen molar-refractivity contribution in [2.24, 2.45) is 5.92 Å². The van der Waals surface area contributed by atoms with Crippen molar-refractivity contribution in [3.05, 3.63) is 40.4 Å². The van der Waals surface area contributed by atoms with Crippen LogP contribution in [0.5, 0.6) is 0 Å². The van der Waals surface area contributed by atoms with Gasteiger partial charge in [0.2, 0.25) is 5.13 Å². The van der Waals surface area contributed by atoms with Crippen LogP contribution < -0.4 is 5.32 Å². The minimum Gasteiger partial charge on any atom is -0.296 e. The summed E-state index contributed by atoms with van der Waals surface area (Å²) in [6, 6.07) is 8.11. The molecule has 2 aromatic rings. The number of aryl methyl sites for hydroxylation is 1. The molecule has 0 unspecified atom stereocenters. The summed E-state index contributed by atoms with van der Waals surface area (Å²) in [5.74, 6) is 1.46. The molecule has 1 aliphatic carbocycles. The zero-order valence-corrected chi connectivity index (χ0v) is 15.9. The number of hydrogen-bond donors (Lipinski definition) is 1. The van der Waals surface area contributed by atoms with E-state index in [2.05, 4.69) is 34.6 Å². The maximum atomic E-state index is 12.3. The molecule has 0 spiro atoms. The summed E-state index contributed by atoms with van der Waals surface area (Å²) >= 11 is 1.43. The zero-order chi connectivity index (χ0) is 17.6. The summed E-state index contributed by atoms with van der Waals surface area (Å²) in [7, 11) is 0. The van der Waals surface area contributed by atoms with Gasteiger partial charge in [0.1, 0.15) is 5.01 Å². The minimum atomic E-state index is -0.114. The maximum absolute atomic E-state index is 12.3. The maximum Gasteiger partial charge on any atom is 0.257 e. The van der Waals surface area contributed by atoms with Crippen LogP contribution in [0, 0.1) is 5.92 Å². The van der Waals surface area contributed by atoms with E-state index in [9.17, 15) is 4.79 Å². The predicted octanol–water partition coefficient (Wildman–Crippen LogP) is 5.43. The fourth-order valence-electron chi connectivity index (χ4n) is 3.72. The minimum absolute atomic E-state index is 0.114. The summed E-state index contributed by atoms with van der Waals surface area (Å²) in [4.78, 5) is 12.3. The molecular formula is C20H27N3OS. The number of nitrogens with one attached hydrogen (secondary N) is 1. The predicted molar refractivity (Wildman–Crippen MR) is 103 cm³/mol. The number of carbonyl (C=O) groups excluding carboxylic acids is 1. The fourth-order valence-corrected chi connectivity index (χ4v) is 4.39. The van der Waals surface area contributed by atoms with Gasteiger partial charge in [-0.3, -0.25) is 10.1 Å². The van der Waals surface area contributed by atoms with Crippen molar-refractivity contribution in [2.45, 2.75) is 64.7 Å². The molecule has 134 valence electrons. The van der Waals surface area contributed by atoms with E-state index < -0.39 is 0 Å². The summed E-state index contributed by atoms with van der Waals surface area (Å²) in [6.07, 6.45) is 8.75. The molecule has 25 heavy (non-hydrogen) atoms. The van der Waals surface area contributed by atoms with Crippen molar-refractivity contribution >= 4 is 22.4 Å². The first-order valence-corrected chi connectivity index (χ1v) is 10.2. The average molecular weight is 358 g/mol. The molecule has 1 amide bonds. The van der Waals surface area contributed by atoms with Crippen LogP contribution in [-0.4, -0.2) is 16.1 Å². The van der Waals surface area contributed by atoms with Gasteiger partial charge in [-0.2, -0.15) is 0 Å². The summed E-state index contributed by atoms with van der Waals surface area (Å²) in [6.45, 7) is 4.31. The molecule has 0 radical (unpaired) electrons. The van der Waals surface area contributed by atoms with Gasteiger partial charge in [-0.15, -0.1) is 10.2 Å². The Morgan fingerprint density at radius 3 is 2.44 bits per heavy atom. The van der Waals surface area contributed by atoms with Crippen LogP contribution in [0.4, 0.5) is 5.13 Å². The van der Waals surface area contributed by atoms with Gasteiger partial charge >= 0.3 is 0 Å². The summed E-state index contributed by atoms with van der Waals surface area (Å²) in [5.41, 5.74) is 2.05. The normalized spacial score (nSPS) is 20.4. The van der Waals surface area contributed by atoms with Crippen LogP contribution in [0.1, 0.15) is 79.2 Å². The van der Waals surface area contributed by atoms with Crippen LogP contribution in [0.25, 0.3) is 0 Å². The van der Waals surface area contributed by atoms with E-state index in [0.29, 0.717) is 16.6 Å². The van der Waals surface area contributed by atoms with Crippen LogP contribution >= 0.6 is 11.3 Å². The van der Waals surface area contributed by atoms with Crippen molar-refractivity contribution in [3.8, 4) is 0 Å². The molecule has 1 aliphatic rings. The average Bonchev–Trinajstić information content (AvgIpc) is 3.10. The van der Waals surface area contributed by atoms with Crippen LogP contribution in [0.2, 0.25) is 0 Å². The van der Waals surface area contributed by atoms with E-state index in [1.807, 2.05) is 19.1 Å². The van der Waals surface area contributed by atoms with Gasteiger partial charge in [0.15, 0.2) is 0 Å². The standard InChI is InChI=1S/C20H27N3OS/c1-3-5-14-6-8-15(9-7-14)16-10-12-17(13-11-16)19(24)21-20-23-22-18(4-2)25-20/h10-15H,3-9H2,1-2H3,(H,21,23,24). The van der Waals surface area contributed by atoms with Crippen LogP contribution in [-0.2, 0) is 6.42 Å². The number of aromatic nitrogens is 2. The van der Waals surface area contributed by atoms with Gasteiger partial charge in [-0.1, -0.05) is 50.2 Å². The highest BCUT2D eigenvalue weighted by Gasteiger charge is 2.22. The van der Waals surface area contributed by atoms with Gasteiger partial charge in [-0.25, -0.2) is 0 Å². The highest BCUT2D eigenvalue weighted by atomic mass is 32.1. The smallest absolute Gasteiger partial charge is 0.257 e. The Hall–Kier alpha value is -1.75. The van der Waals surface area contributed by atoms with Crippen molar-refractivity contribution < 1.29 is 4.79 Å². The number of amides is 1. The molecule has 0 aliphatic heterocycles. The number of benzene rings is 1. The fraction of sp³-hybridized carbons (Fsp3) is 0.550. The molecule has 1 heterocycles. The monoisotopic (exact) mass is 357 g/mol. The largest absolute Gasteiger partial charge is 0.296 e. The SMILES string of the molecule is CCCC1CCC(c2ccc(C(=O)Nc3nnc(CC)s3)cc2)CC1. The molecule has 5 heteroatoms. The lowest BCUT2D eigenvalue weighted by Gasteiger charge is -2.28. The third-order valence-corrected chi connectivity index (χ3v) is 6.16. The molecule has 1 N–H and O–H groups in total. The molecular weight excluding hydrogens is 330 g/mol. The van der Waals surface area contributed by atoms with Crippen molar-refractivity contribution in [2.75, 3.05) is 5.32 Å². The first-order valence-electron chi connectivity index (χ1n) is 9.43. The van der Waals surface area contributed by atoms with E-state index >= 15 is 0 Å². The van der Waals surface area contributed by atoms with Gasteiger partial charge in [0, 0.05) is 5.56 Å². The molecule has 0 saturated heterocycles. The Bertz CT molecular complexity index is 687. The second-order valence-electron chi connectivity index (χ2n) is 6.94. The summed E-state index contributed by atoms with van der Waals surface area (Å²) in [5, 5.41) is 12.4. The quantitative estimate of drug-likeness (QED) is 0.750. The molecule has 1 saturated carbocycles. The summed E-state index contributed by atoms with van der Waals surface area (Å²) < 4.78 is 0. The van der Waals surface area contributed by atoms with E-state index in [1.165, 1.54) is 55.4 Å². The molecule has 0 atom stereocenters. The molecule has 4 nitrogen and oxygen atoms in total. The number of nitrogens with zero attached hydrogens (tertiary/aromatic N) is 2. The Morgan fingerprint density at radius 2 is 1.84 bits per heavy atom. The van der Waals surface area contributed by atoms with Gasteiger partial charge in [0.05, 0.1) is 0 Å². The van der Waals surface area contributed by atoms with Crippen molar-refractivity contribution in [1.82, 2.24) is 10.2 Å². The van der Waals surface area contributed by atoms with Gasteiger partial charge < -0.3 is 0 Å². The first kappa shape index (κ1) is 18.1. The number of hydrogen-bond acceptors (Lipinski definition) is 4. The second-order valence-corrected chi connectivity index (χ2v) is 8.00. The van der Waals surface area contributed by atoms with Crippen LogP contribution in [0.3, 0.4) is 0 Å². The van der Waals surface area contributed by atoms with E-state index in [-0.39, 0.29) is 5.91 Å². The highest BCUT2D eigenvalue weighted by molar-refractivity contribution is 7.15. The first-order chi connectivity index (χ1) is 12.2. The Labute approximate surface area is 154 Å². The highest BCUT2D eigenvalue weighted by Crippen LogP contribution is 2.37. The lowest BCUT2D eigenvalue weighted by Crippen LogP contribution is -2.14. The lowest BCUT2D eigenvalue weighted by molar-refractivity contribution is 0.102. The van der Waals surface area contributed by atoms with Crippen molar-refractivity contribution in [1.29, 1.82) is 0 Å². The van der Waals surface area contributed by atoms with Gasteiger partial charge in [-0.05, 0) is 61.6 Å². The Kier molecular flexibility index (Phi) is 6.19. The third-order valence-electron chi connectivity index (χ3n) is 5.18. The molecule has 1 aromatic carbocycles. The van der Waals surface area contributed by atoms with E-state index in [0.717, 1.165) is 17.3 Å². The Balaban J connectivity index is 1.57. The second kappa shape index (κ2) is 8.56. The number of carbonyl (C=O) groups is 1. The van der Waals surface area contributed by atoms with Gasteiger partial charge in [0.25, 0.3) is 5.91 Å². The number of rotatable bonds is 6. The van der Waals surface area contributed by atoms with E-state index in [1.54, 1.807) is 0 Å². The van der Waals surface area contributed by atoms with Crippen molar-refractivity contribution in [3.63, 3.8) is 0 Å². The topological polar surface area (TPSA) is 54.9 Å². The molecule has 3 rings (SSSR count). The Morgan fingerprint density at radius 1 is 1.12 bits per heavy atom.